The number of halogens is 3. The van der Waals surface area contributed by atoms with E-state index in [0.29, 0.717) is 22.5 Å². The Morgan fingerprint density at radius 3 is 0.929 bits per heavy atom. The maximum absolute atomic E-state index is 15.0. The molecule has 0 radical (unpaired) electrons. The normalized spacial score (nSPS) is 11.6. The molecule has 0 amide bonds. The summed E-state index contributed by atoms with van der Waals surface area (Å²) in [7, 11) is 0. The van der Waals surface area contributed by atoms with Crippen LogP contribution in [0, 0.1) is 22.7 Å². The second-order valence-corrected chi connectivity index (χ2v) is 17.5. The molecule has 0 saturated carbocycles. The van der Waals surface area contributed by atoms with E-state index in [9.17, 15) is 10.5 Å². The van der Waals surface area contributed by atoms with Crippen molar-refractivity contribution in [1.82, 2.24) is 9.13 Å². The molecule has 0 fully saturated rings. The van der Waals surface area contributed by atoms with Gasteiger partial charge in [-0.1, -0.05) is 146 Å². The van der Waals surface area contributed by atoms with Gasteiger partial charge in [0, 0.05) is 27.1 Å². The van der Waals surface area contributed by atoms with Crippen LogP contribution in [0.2, 0.25) is 0 Å². The highest BCUT2D eigenvalue weighted by Crippen LogP contribution is 2.46. The first kappa shape index (κ1) is 42.0. The zero-order chi connectivity index (χ0) is 47.5. The predicted molar refractivity (Wildman–Crippen MR) is 277 cm³/mol. The minimum atomic E-state index is -4.77. The quantitative estimate of drug-likeness (QED) is 0.160. The molecule has 0 bridgehead atoms. The van der Waals surface area contributed by atoms with Crippen LogP contribution in [0.4, 0.5) is 13.2 Å². The summed E-state index contributed by atoms with van der Waals surface area (Å²) in [4.78, 5) is 0. The number of benzene rings is 10. The topological polar surface area (TPSA) is 57.4 Å². The van der Waals surface area contributed by atoms with E-state index in [-0.39, 0.29) is 11.1 Å². The van der Waals surface area contributed by atoms with E-state index < -0.39 is 11.7 Å². The van der Waals surface area contributed by atoms with Crippen LogP contribution in [0.1, 0.15) is 16.7 Å². The molecule has 7 heteroatoms. The first-order valence-electron chi connectivity index (χ1n) is 22.8. The summed E-state index contributed by atoms with van der Waals surface area (Å²) in [6.45, 7) is 0. The Labute approximate surface area is 401 Å². The van der Waals surface area contributed by atoms with Gasteiger partial charge in [-0.2, -0.15) is 23.7 Å². The van der Waals surface area contributed by atoms with E-state index in [1.165, 1.54) is 6.07 Å². The third kappa shape index (κ3) is 7.17. The molecule has 0 atom stereocenters. The van der Waals surface area contributed by atoms with Gasteiger partial charge in [0.2, 0.25) is 0 Å². The average Bonchev–Trinajstić information content (AvgIpc) is 3.92. The molecule has 0 aliphatic carbocycles. The highest BCUT2D eigenvalue weighted by Gasteiger charge is 2.33. The molecule has 4 nitrogen and oxygen atoms in total. The van der Waals surface area contributed by atoms with Crippen molar-refractivity contribution in [3.8, 4) is 79.1 Å². The van der Waals surface area contributed by atoms with Gasteiger partial charge >= 0.3 is 6.18 Å². The van der Waals surface area contributed by atoms with Crippen molar-refractivity contribution >= 4 is 43.6 Å². The molecule has 0 saturated heterocycles. The van der Waals surface area contributed by atoms with Crippen LogP contribution in [-0.2, 0) is 6.18 Å². The number of hydrogen-bond donors (Lipinski definition) is 0. The Hall–Kier alpha value is -9.43. The van der Waals surface area contributed by atoms with Crippen molar-refractivity contribution in [1.29, 1.82) is 10.5 Å². The maximum atomic E-state index is 15.0. The fourth-order valence-corrected chi connectivity index (χ4v) is 10.1. The molecule has 330 valence electrons. The molecule has 0 spiro atoms. The molecule has 10 aromatic carbocycles. The van der Waals surface area contributed by atoms with E-state index >= 15 is 13.2 Å². The molecule has 0 aliphatic heterocycles. The standard InChI is InChI=1S/C63H37F3N4/c64-63(65,66)51-30-40(38-67)29-50(33-51)62-60(69-56-25-21-46(42-13-5-1-6-14-42)34-52(56)53-35-47(22-26-57(53)69)43-15-7-2-8-16-43)31-41(39-68)32-61(62)70-58-27-23-48(44-17-9-3-10-18-44)36-54(58)55-37-49(24-28-59(55)70)45-19-11-4-12-20-45/h1-37H. The fraction of sp³-hybridized carbons (Fsp3) is 0.0159. The van der Waals surface area contributed by atoms with Gasteiger partial charge in [0.05, 0.1) is 62.3 Å². The first-order valence-corrected chi connectivity index (χ1v) is 22.8. The van der Waals surface area contributed by atoms with Crippen LogP contribution in [0.3, 0.4) is 0 Å². The lowest BCUT2D eigenvalue weighted by Gasteiger charge is -2.22. The summed E-state index contributed by atoms with van der Waals surface area (Å²) in [5.41, 5.74) is 12.0. The number of aromatic nitrogens is 2. The van der Waals surface area contributed by atoms with Crippen LogP contribution < -0.4 is 0 Å². The van der Waals surface area contributed by atoms with E-state index in [1.807, 2.05) is 103 Å². The van der Waals surface area contributed by atoms with Crippen molar-refractivity contribution in [3.05, 3.63) is 241 Å². The number of hydrogen-bond acceptors (Lipinski definition) is 2. The Balaban J connectivity index is 1.23. The van der Waals surface area contributed by atoms with Crippen LogP contribution in [0.5, 0.6) is 0 Å². The Morgan fingerprint density at radius 2 is 0.629 bits per heavy atom. The first-order chi connectivity index (χ1) is 34.2. The number of fused-ring (bicyclic) bond motifs is 6. The van der Waals surface area contributed by atoms with Crippen molar-refractivity contribution in [2.45, 2.75) is 6.18 Å². The maximum Gasteiger partial charge on any atom is 0.416 e. The van der Waals surface area contributed by atoms with Crippen molar-refractivity contribution in [2.24, 2.45) is 0 Å². The molecule has 0 aliphatic rings. The lowest BCUT2D eigenvalue weighted by Crippen LogP contribution is -2.08. The summed E-state index contributed by atoms with van der Waals surface area (Å²) in [6, 6.07) is 77.0. The minimum Gasteiger partial charge on any atom is -0.308 e. The highest BCUT2D eigenvalue weighted by molar-refractivity contribution is 6.14. The smallest absolute Gasteiger partial charge is 0.308 e. The van der Waals surface area contributed by atoms with E-state index in [2.05, 4.69) is 112 Å². The molecule has 2 heterocycles. The van der Waals surface area contributed by atoms with Gasteiger partial charge in [-0.3, -0.25) is 0 Å². The molecular formula is C63H37F3N4. The number of nitriles is 2. The molecule has 2 aromatic heterocycles. The summed E-state index contributed by atoms with van der Waals surface area (Å²) in [6.07, 6.45) is -4.77. The average molecular weight is 907 g/mol. The Kier molecular flexibility index (Phi) is 10.0. The number of nitrogens with zero attached hydrogens (tertiary/aromatic N) is 4. The highest BCUT2D eigenvalue weighted by atomic mass is 19.4. The molecule has 12 rings (SSSR count). The summed E-state index contributed by atoms with van der Waals surface area (Å²) in [5, 5.41) is 25.1. The van der Waals surface area contributed by atoms with E-state index in [1.54, 1.807) is 12.1 Å². The minimum absolute atomic E-state index is 0.143. The lowest BCUT2D eigenvalue weighted by atomic mass is 9.94. The van der Waals surface area contributed by atoms with E-state index in [4.69, 9.17) is 0 Å². The fourth-order valence-electron chi connectivity index (χ4n) is 10.1. The number of alkyl halides is 3. The monoisotopic (exact) mass is 906 g/mol. The largest absolute Gasteiger partial charge is 0.416 e. The predicted octanol–water partition coefficient (Wildman–Crippen LogP) is 17.0. The van der Waals surface area contributed by atoms with Gasteiger partial charge in [0.15, 0.2) is 0 Å². The zero-order valence-electron chi connectivity index (χ0n) is 37.3. The Bertz CT molecular complexity index is 3690. The third-order valence-corrected chi connectivity index (χ3v) is 13.3. The zero-order valence-corrected chi connectivity index (χ0v) is 37.3. The van der Waals surface area contributed by atoms with E-state index in [0.717, 1.165) is 100 Å². The van der Waals surface area contributed by atoms with Gasteiger partial charge in [-0.05, 0) is 129 Å². The van der Waals surface area contributed by atoms with Crippen molar-refractivity contribution in [2.75, 3.05) is 0 Å². The SMILES string of the molecule is N#Cc1cc(-c2c(-n3c4ccc(-c5ccccc5)cc4c4cc(-c5ccccc5)ccc43)cc(C#N)cc2-n2c3ccc(-c4ccccc4)cc3c3cc(-c4ccccc4)ccc32)cc(C(F)(F)F)c1. The van der Waals surface area contributed by atoms with Crippen molar-refractivity contribution < 1.29 is 13.2 Å². The Morgan fingerprint density at radius 1 is 0.314 bits per heavy atom. The van der Waals surface area contributed by atoms with Crippen LogP contribution in [0.15, 0.2) is 224 Å². The summed E-state index contributed by atoms with van der Waals surface area (Å²) in [5.74, 6) is 0. The summed E-state index contributed by atoms with van der Waals surface area (Å²) < 4.78 is 49.3. The van der Waals surface area contributed by atoms with Crippen molar-refractivity contribution in [3.63, 3.8) is 0 Å². The lowest BCUT2D eigenvalue weighted by molar-refractivity contribution is -0.137. The number of rotatable bonds is 7. The second kappa shape index (κ2) is 16.7. The summed E-state index contributed by atoms with van der Waals surface area (Å²) >= 11 is 0. The third-order valence-electron chi connectivity index (χ3n) is 13.3. The van der Waals surface area contributed by atoms with Crippen LogP contribution in [0.25, 0.3) is 111 Å². The van der Waals surface area contributed by atoms with Crippen LogP contribution >= 0.6 is 0 Å². The molecule has 70 heavy (non-hydrogen) atoms. The molecule has 12 aromatic rings. The second-order valence-electron chi connectivity index (χ2n) is 17.5. The van der Waals surface area contributed by atoms with Crippen LogP contribution in [-0.4, -0.2) is 9.13 Å². The molecular weight excluding hydrogens is 870 g/mol. The van der Waals surface area contributed by atoms with Gasteiger partial charge in [0.25, 0.3) is 0 Å². The van der Waals surface area contributed by atoms with Gasteiger partial charge in [0.1, 0.15) is 0 Å². The van der Waals surface area contributed by atoms with Gasteiger partial charge in [-0.25, -0.2) is 0 Å². The molecule has 0 N–H and O–H groups in total. The molecule has 0 unspecified atom stereocenters. The van der Waals surface area contributed by atoms with Gasteiger partial charge in [-0.15, -0.1) is 0 Å². The van der Waals surface area contributed by atoms with Gasteiger partial charge < -0.3 is 9.13 Å².